The highest BCUT2D eigenvalue weighted by atomic mass is 32.2. The van der Waals surface area contributed by atoms with Crippen molar-refractivity contribution in [2.45, 2.75) is 33.2 Å². The standard InChI is InChI=1S/C19H23NO5S2/c1-5-9-25-16-12(7-6-8-13(16)24-4)10-14-17(21)20(19(26)27-14)15(11(2)3)18(22)23/h6-8,10-11,15H,5,9H2,1-4H3,(H,22,23)/b14-10-/t15-/m1/s1. The second kappa shape index (κ2) is 9.23. The number of rotatable bonds is 8. The molecule has 1 saturated heterocycles. The molecule has 1 N–H and O–H groups in total. The van der Waals surface area contributed by atoms with Gasteiger partial charge in [0.25, 0.3) is 5.91 Å². The summed E-state index contributed by atoms with van der Waals surface area (Å²) in [7, 11) is 1.55. The Hall–Kier alpha value is -2.06. The molecule has 0 aliphatic carbocycles. The highest BCUT2D eigenvalue weighted by Crippen LogP contribution is 2.39. The van der Waals surface area contributed by atoms with Crippen LogP contribution in [-0.2, 0) is 9.59 Å². The van der Waals surface area contributed by atoms with Gasteiger partial charge in [-0.25, -0.2) is 4.79 Å². The first-order valence-electron chi connectivity index (χ1n) is 8.61. The number of thioether (sulfide) groups is 1. The Balaban J connectivity index is 2.42. The van der Waals surface area contributed by atoms with E-state index in [1.54, 1.807) is 39.2 Å². The minimum atomic E-state index is -1.07. The maximum Gasteiger partial charge on any atom is 0.327 e. The molecule has 0 bridgehead atoms. The van der Waals surface area contributed by atoms with Crippen LogP contribution in [0.3, 0.4) is 0 Å². The highest BCUT2D eigenvalue weighted by Gasteiger charge is 2.42. The van der Waals surface area contributed by atoms with E-state index in [0.29, 0.717) is 28.6 Å². The Morgan fingerprint density at radius 3 is 2.67 bits per heavy atom. The van der Waals surface area contributed by atoms with Gasteiger partial charge >= 0.3 is 5.97 Å². The van der Waals surface area contributed by atoms with Crippen molar-refractivity contribution in [1.82, 2.24) is 4.90 Å². The summed E-state index contributed by atoms with van der Waals surface area (Å²) >= 11 is 6.38. The van der Waals surface area contributed by atoms with Crippen molar-refractivity contribution in [2.75, 3.05) is 13.7 Å². The summed E-state index contributed by atoms with van der Waals surface area (Å²) in [6.07, 6.45) is 2.50. The molecule has 6 nitrogen and oxygen atoms in total. The molecular weight excluding hydrogens is 386 g/mol. The number of carbonyl (C=O) groups excluding carboxylic acids is 1. The van der Waals surface area contributed by atoms with E-state index >= 15 is 0 Å². The summed E-state index contributed by atoms with van der Waals surface area (Å²) in [5.41, 5.74) is 0.680. The second-order valence-electron chi connectivity index (χ2n) is 6.31. The van der Waals surface area contributed by atoms with Crippen LogP contribution in [0.2, 0.25) is 0 Å². The summed E-state index contributed by atoms with van der Waals surface area (Å²) in [6.45, 7) is 6.01. The molecule has 0 aromatic heterocycles. The molecule has 1 aliphatic heterocycles. The molecule has 0 radical (unpaired) electrons. The first-order chi connectivity index (χ1) is 12.8. The van der Waals surface area contributed by atoms with Crippen LogP contribution in [0.5, 0.6) is 11.5 Å². The predicted molar refractivity (Wildman–Crippen MR) is 110 cm³/mol. The zero-order valence-corrected chi connectivity index (χ0v) is 17.4. The quantitative estimate of drug-likeness (QED) is 0.517. The van der Waals surface area contributed by atoms with Gasteiger partial charge in [-0.05, 0) is 24.5 Å². The van der Waals surface area contributed by atoms with Gasteiger partial charge in [-0.3, -0.25) is 9.69 Å². The molecular formula is C19H23NO5S2. The fourth-order valence-electron chi connectivity index (χ4n) is 2.72. The molecule has 0 spiro atoms. The van der Waals surface area contributed by atoms with E-state index in [2.05, 4.69) is 0 Å². The number of aliphatic carboxylic acids is 1. The molecule has 27 heavy (non-hydrogen) atoms. The Morgan fingerprint density at radius 2 is 2.11 bits per heavy atom. The van der Waals surface area contributed by atoms with E-state index in [0.717, 1.165) is 18.2 Å². The van der Waals surface area contributed by atoms with Gasteiger partial charge in [-0.1, -0.05) is 56.9 Å². The minimum absolute atomic E-state index is 0.242. The zero-order valence-electron chi connectivity index (χ0n) is 15.7. The topological polar surface area (TPSA) is 76.1 Å². The first kappa shape index (κ1) is 21.2. The molecule has 2 rings (SSSR count). The van der Waals surface area contributed by atoms with Crippen LogP contribution in [-0.4, -0.2) is 46.0 Å². The zero-order chi connectivity index (χ0) is 20.1. The van der Waals surface area contributed by atoms with Crippen molar-refractivity contribution in [3.05, 3.63) is 28.7 Å². The van der Waals surface area contributed by atoms with Gasteiger partial charge in [0.15, 0.2) is 11.5 Å². The summed E-state index contributed by atoms with van der Waals surface area (Å²) in [5, 5.41) is 9.51. The molecule has 146 valence electrons. The lowest BCUT2D eigenvalue weighted by atomic mass is 10.0. The number of ether oxygens (including phenoxy) is 2. The van der Waals surface area contributed by atoms with Crippen LogP contribution in [0.15, 0.2) is 23.1 Å². The van der Waals surface area contributed by atoms with E-state index in [-0.39, 0.29) is 10.2 Å². The maximum atomic E-state index is 12.9. The average Bonchev–Trinajstić information content (AvgIpc) is 2.87. The summed E-state index contributed by atoms with van der Waals surface area (Å²) in [4.78, 5) is 26.0. The Kier molecular flexibility index (Phi) is 7.26. The van der Waals surface area contributed by atoms with E-state index in [9.17, 15) is 14.7 Å². The third-order valence-electron chi connectivity index (χ3n) is 3.95. The minimum Gasteiger partial charge on any atom is -0.493 e. The van der Waals surface area contributed by atoms with Crippen LogP contribution in [0.1, 0.15) is 32.8 Å². The lowest BCUT2D eigenvalue weighted by Crippen LogP contribution is -2.47. The molecule has 1 atom stereocenters. The van der Waals surface area contributed by atoms with E-state index < -0.39 is 17.9 Å². The largest absolute Gasteiger partial charge is 0.493 e. The lowest BCUT2D eigenvalue weighted by Gasteiger charge is -2.26. The van der Waals surface area contributed by atoms with Crippen LogP contribution in [0.25, 0.3) is 6.08 Å². The van der Waals surface area contributed by atoms with E-state index in [4.69, 9.17) is 21.7 Å². The molecule has 8 heteroatoms. The van der Waals surface area contributed by atoms with Gasteiger partial charge in [0, 0.05) is 5.56 Å². The number of hydrogen-bond donors (Lipinski definition) is 1. The summed E-state index contributed by atoms with van der Waals surface area (Å²) in [6, 6.07) is 4.41. The number of methoxy groups -OCH3 is 1. The van der Waals surface area contributed by atoms with Gasteiger partial charge in [0.1, 0.15) is 10.4 Å². The predicted octanol–water partition coefficient (Wildman–Crippen LogP) is 3.79. The Bertz CT molecular complexity index is 775. The number of carboxylic acid groups (broad SMARTS) is 1. The van der Waals surface area contributed by atoms with Crippen LogP contribution >= 0.6 is 24.0 Å². The number of hydrogen-bond acceptors (Lipinski definition) is 6. The van der Waals surface area contributed by atoms with Crippen LogP contribution in [0.4, 0.5) is 0 Å². The smallest absolute Gasteiger partial charge is 0.327 e. The van der Waals surface area contributed by atoms with Crippen LogP contribution in [0, 0.1) is 5.92 Å². The number of para-hydroxylation sites is 1. The number of carboxylic acids is 1. The van der Waals surface area contributed by atoms with Crippen molar-refractivity contribution < 1.29 is 24.2 Å². The van der Waals surface area contributed by atoms with Crippen molar-refractivity contribution in [3.63, 3.8) is 0 Å². The van der Waals surface area contributed by atoms with Crippen molar-refractivity contribution in [2.24, 2.45) is 5.92 Å². The van der Waals surface area contributed by atoms with E-state index in [1.807, 2.05) is 13.0 Å². The molecule has 1 aromatic carbocycles. The van der Waals surface area contributed by atoms with Gasteiger partial charge < -0.3 is 14.6 Å². The molecule has 1 aliphatic rings. The Labute approximate surface area is 168 Å². The molecule has 1 heterocycles. The number of amides is 1. The normalized spacial score (nSPS) is 16.9. The SMILES string of the molecule is CCCOc1c(/C=C2\SC(=S)N([C@@H](C(=O)O)C(C)C)C2=O)cccc1OC. The molecule has 1 aromatic rings. The van der Waals surface area contributed by atoms with Crippen molar-refractivity contribution in [1.29, 1.82) is 0 Å². The van der Waals surface area contributed by atoms with E-state index in [1.165, 1.54) is 4.90 Å². The monoisotopic (exact) mass is 409 g/mol. The second-order valence-corrected chi connectivity index (χ2v) is 7.98. The number of carbonyl (C=O) groups is 2. The Morgan fingerprint density at radius 1 is 1.41 bits per heavy atom. The molecule has 1 amide bonds. The third-order valence-corrected chi connectivity index (χ3v) is 5.28. The summed E-state index contributed by atoms with van der Waals surface area (Å²) < 4.78 is 11.4. The number of nitrogens with zero attached hydrogens (tertiary/aromatic N) is 1. The first-order valence-corrected chi connectivity index (χ1v) is 9.83. The fourth-order valence-corrected chi connectivity index (χ4v) is 4.04. The molecule has 1 fully saturated rings. The molecule has 0 saturated carbocycles. The lowest BCUT2D eigenvalue weighted by molar-refractivity contribution is -0.146. The number of benzene rings is 1. The van der Waals surface area contributed by atoms with Gasteiger partial charge in [-0.2, -0.15) is 0 Å². The maximum absolute atomic E-state index is 12.9. The number of thiocarbonyl (C=S) groups is 1. The molecule has 0 unspecified atom stereocenters. The highest BCUT2D eigenvalue weighted by molar-refractivity contribution is 8.26. The van der Waals surface area contributed by atoms with Crippen molar-refractivity contribution >= 4 is 46.3 Å². The van der Waals surface area contributed by atoms with Crippen LogP contribution < -0.4 is 9.47 Å². The van der Waals surface area contributed by atoms with Gasteiger partial charge in [0.2, 0.25) is 0 Å². The fraction of sp³-hybridized carbons (Fsp3) is 0.421. The van der Waals surface area contributed by atoms with Crippen molar-refractivity contribution in [3.8, 4) is 11.5 Å². The summed E-state index contributed by atoms with van der Waals surface area (Å²) in [5.74, 6) is -0.639. The van der Waals surface area contributed by atoms with Gasteiger partial charge in [-0.15, -0.1) is 0 Å². The third kappa shape index (κ3) is 4.62. The average molecular weight is 410 g/mol. The van der Waals surface area contributed by atoms with Gasteiger partial charge in [0.05, 0.1) is 18.6 Å².